The van der Waals surface area contributed by atoms with E-state index in [0.29, 0.717) is 49.4 Å². The van der Waals surface area contributed by atoms with Crippen LogP contribution in [0, 0.1) is 6.92 Å². The molecule has 33 heavy (non-hydrogen) atoms. The van der Waals surface area contributed by atoms with Crippen LogP contribution in [0.5, 0.6) is 0 Å². The van der Waals surface area contributed by atoms with Gasteiger partial charge < -0.3 is 19.6 Å². The zero-order chi connectivity index (χ0) is 23.5. The van der Waals surface area contributed by atoms with Gasteiger partial charge in [0, 0.05) is 58.0 Å². The second kappa shape index (κ2) is 9.87. The summed E-state index contributed by atoms with van der Waals surface area (Å²) in [7, 11) is 4.19. The molecule has 0 N–H and O–H groups in total. The first-order valence-corrected chi connectivity index (χ1v) is 11.7. The predicted octanol–water partition coefficient (Wildman–Crippen LogP) is 2.29. The van der Waals surface area contributed by atoms with Gasteiger partial charge in [-0.2, -0.15) is 0 Å². The summed E-state index contributed by atoms with van der Waals surface area (Å²) < 4.78 is 0. The van der Waals surface area contributed by atoms with Crippen LogP contribution in [0.1, 0.15) is 35.7 Å². The van der Waals surface area contributed by atoms with Gasteiger partial charge in [0.25, 0.3) is 5.91 Å². The van der Waals surface area contributed by atoms with Gasteiger partial charge in [-0.1, -0.05) is 23.8 Å². The summed E-state index contributed by atoms with van der Waals surface area (Å²) in [5.74, 6) is 1.31. The van der Waals surface area contributed by atoms with Crippen LogP contribution in [0.2, 0.25) is 0 Å². The average molecular weight is 451 g/mol. The quantitative estimate of drug-likeness (QED) is 0.712. The number of rotatable bonds is 4. The van der Waals surface area contributed by atoms with E-state index in [9.17, 15) is 9.59 Å². The van der Waals surface area contributed by atoms with Crippen LogP contribution in [0.25, 0.3) is 11.4 Å². The lowest BCUT2D eigenvalue weighted by atomic mass is 10.0. The number of aryl methyl sites for hydroxylation is 1. The maximum Gasteiger partial charge on any atom is 0.259 e. The number of anilines is 1. The van der Waals surface area contributed by atoms with Gasteiger partial charge in [-0.15, -0.1) is 0 Å². The Kier molecular flexibility index (Phi) is 6.93. The van der Waals surface area contributed by atoms with Crippen LogP contribution in [0.15, 0.2) is 30.5 Å². The number of likely N-dealkylation sites (tertiary alicyclic amines) is 1. The number of hydrogen-bond donors (Lipinski definition) is 0. The molecule has 2 aliphatic rings. The van der Waals surface area contributed by atoms with Gasteiger partial charge >= 0.3 is 0 Å². The summed E-state index contributed by atoms with van der Waals surface area (Å²) in [4.78, 5) is 42.8. The minimum atomic E-state index is -0.0660. The Morgan fingerprint density at radius 3 is 2.33 bits per heavy atom. The van der Waals surface area contributed by atoms with Gasteiger partial charge in [-0.3, -0.25) is 9.59 Å². The Hall–Kier alpha value is -3.00. The fourth-order valence-electron chi connectivity index (χ4n) is 4.67. The van der Waals surface area contributed by atoms with E-state index in [0.717, 1.165) is 37.1 Å². The zero-order valence-electron chi connectivity index (χ0n) is 20.1. The summed E-state index contributed by atoms with van der Waals surface area (Å²) in [5, 5.41) is 0. The highest BCUT2D eigenvalue weighted by atomic mass is 16.2. The van der Waals surface area contributed by atoms with E-state index in [1.54, 1.807) is 18.0 Å². The topological polar surface area (TPSA) is 72.9 Å². The van der Waals surface area contributed by atoms with Crippen molar-refractivity contribution in [3.63, 3.8) is 0 Å². The molecule has 1 aromatic carbocycles. The van der Waals surface area contributed by atoms with Crippen molar-refractivity contribution in [2.24, 2.45) is 0 Å². The van der Waals surface area contributed by atoms with E-state index in [1.165, 1.54) is 0 Å². The number of amides is 2. The third kappa shape index (κ3) is 5.16. The highest BCUT2D eigenvalue weighted by Crippen LogP contribution is 2.27. The first kappa shape index (κ1) is 23.2. The van der Waals surface area contributed by atoms with Crippen molar-refractivity contribution < 1.29 is 9.59 Å². The van der Waals surface area contributed by atoms with Crippen molar-refractivity contribution in [2.45, 2.75) is 32.7 Å². The number of benzene rings is 1. The molecule has 0 saturated carbocycles. The number of carbonyl (C=O) groups is 2. The van der Waals surface area contributed by atoms with E-state index >= 15 is 0 Å². The largest absolute Gasteiger partial charge is 0.356 e. The molecule has 2 saturated heterocycles. The molecule has 0 atom stereocenters. The van der Waals surface area contributed by atoms with E-state index in [2.05, 4.69) is 27.9 Å². The molecule has 3 heterocycles. The second-order valence-corrected chi connectivity index (χ2v) is 9.24. The van der Waals surface area contributed by atoms with Crippen LogP contribution < -0.4 is 4.90 Å². The van der Waals surface area contributed by atoms with E-state index < -0.39 is 0 Å². The van der Waals surface area contributed by atoms with E-state index in [4.69, 9.17) is 4.98 Å². The molecule has 2 aromatic rings. The molecular weight excluding hydrogens is 416 g/mol. The number of hydrogen-bond acceptors (Lipinski definition) is 6. The molecule has 2 fully saturated rings. The van der Waals surface area contributed by atoms with Crippen molar-refractivity contribution in [3.05, 3.63) is 41.6 Å². The van der Waals surface area contributed by atoms with E-state index in [-0.39, 0.29) is 11.8 Å². The number of piperidine rings is 1. The molecule has 4 rings (SSSR count). The van der Waals surface area contributed by atoms with Crippen molar-refractivity contribution in [1.29, 1.82) is 0 Å². The molecule has 1 aromatic heterocycles. The fourth-order valence-corrected chi connectivity index (χ4v) is 4.67. The monoisotopic (exact) mass is 450 g/mol. The Labute approximate surface area is 196 Å². The predicted molar refractivity (Wildman–Crippen MR) is 129 cm³/mol. The van der Waals surface area contributed by atoms with Gasteiger partial charge in [0.1, 0.15) is 11.4 Å². The molecule has 8 nitrogen and oxygen atoms in total. The average Bonchev–Trinajstić information content (AvgIpc) is 2.83. The van der Waals surface area contributed by atoms with Crippen LogP contribution in [-0.2, 0) is 4.79 Å². The van der Waals surface area contributed by atoms with Gasteiger partial charge in [0.05, 0.1) is 0 Å². The summed E-state index contributed by atoms with van der Waals surface area (Å²) in [6, 6.07) is 8.44. The molecule has 0 radical (unpaired) electrons. The zero-order valence-corrected chi connectivity index (χ0v) is 20.1. The Bertz CT molecular complexity index is 1010. The first-order chi connectivity index (χ1) is 15.8. The summed E-state index contributed by atoms with van der Waals surface area (Å²) in [6.45, 7) is 7.84. The SMILES string of the molecule is CC(=O)N1CCN(C(=O)c2cnc(-c3cccc(C)c3)nc2N(C)C2CCN(C)CC2)CC1. The first-order valence-electron chi connectivity index (χ1n) is 11.7. The lowest BCUT2D eigenvalue weighted by Crippen LogP contribution is -2.50. The number of carbonyl (C=O) groups excluding carboxylic acids is 2. The van der Waals surface area contributed by atoms with Crippen molar-refractivity contribution >= 4 is 17.6 Å². The Balaban J connectivity index is 1.65. The summed E-state index contributed by atoms with van der Waals surface area (Å²) in [6.07, 6.45) is 3.74. The number of nitrogens with zero attached hydrogens (tertiary/aromatic N) is 6. The lowest BCUT2D eigenvalue weighted by molar-refractivity contribution is -0.130. The van der Waals surface area contributed by atoms with Crippen LogP contribution in [-0.4, -0.2) is 95.9 Å². The standard InChI is InChI=1S/C25H34N6O2/c1-18-6-5-7-20(16-18)23-26-17-22(25(33)31-14-12-30(13-15-31)19(2)32)24(27-23)29(4)21-8-10-28(3)11-9-21/h5-7,16-17,21H,8-15H2,1-4H3. The van der Waals surface area contributed by atoms with Crippen molar-refractivity contribution in [1.82, 2.24) is 24.7 Å². The molecule has 2 amide bonds. The van der Waals surface area contributed by atoms with Crippen molar-refractivity contribution in [2.75, 3.05) is 58.3 Å². The highest BCUT2D eigenvalue weighted by molar-refractivity contribution is 5.99. The Morgan fingerprint density at radius 1 is 1.03 bits per heavy atom. The molecule has 0 aliphatic carbocycles. The molecule has 0 bridgehead atoms. The van der Waals surface area contributed by atoms with Gasteiger partial charge in [0.2, 0.25) is 5.91 Å². The maximum absolute atomic E-state index is 13.5. The number of aromatic nitrogens is 2. The molecule has 176 valence electrons. The van der Waals surface area contributed by atoms with Crippen LogP contribution in [0.3, 0.4) is 0 Å². The highest BCUT2D eigenvalue weighted by Gasteiger charge is 2.30. The summed E-state index contributed by atoms with van der Waals surface area (Å²) >= 11 is 0. The molecule has 0 spiro atoms. The van der Waals surface area contributed by atoms with Gasteiger partial charge in [-0.05, 0) is 46.0 Å². The lowest BCUT2D eigenvalue weighted by Gasteiger charge is -2.37. The molecule has 0 unspecified atom stereocenters. The maximum atomic E-state index is 13.5. The fraction of sp³-hybridized carbons (Fsp3) is 0.520. The van der Waals surface area contributed by atoms with Crippen LogP contribution in [0.4, 0.5) is 5.82 Å². The third-order valence-electron chi connectivity index (χ3n) is 6.86. The number of piperazine rings is 1. The van der Waals surface area contributed by atoms with E-state index in [1.807, 2.05) is 37.1 Å². The molecular formula is C25H34N6O2. The minimum absolute atomic E-state index is 0.0515. The second-order valence-electron chi connectivity index (χ2n) is 9.24. The molecule has 2 aliphatic heterocycles. The Morgan fingerprint density at radius 2 is 1.70 bits per heavy atom. The van der Waals surface area contributed by atoms with Gasteiger partial charge in [-0.25, -0.2) is 9.97 Å². The smallest absolute Gasteiger partial charge is 0.259 e. The van der Waals surface area contributed by atoms with Crippen molar-refractivity contribution in [3.8, 4) is 11.4 Å². The summed E-state index contributed by atoms with van der Waals surface area (Å²) in [5.41, 5.74) is 2.62. The van der Waals surface area contributed by atoms with Gasteiger partial charge in [0.15, 0.2) is 5.82 Å². The van der Waals surface area contributed by atoms with Crippen LogP contribution >= 0.6 is 0 Å². The normalized spacial score (nSPS) is 17.8. The minimum Gasteiger partial charge on any atom is -0.356 e. The molecule has 8 heteroatoms. The third-order valence-corrected chi connectivity index (χ3v) is 6.86.